The van der Waals surface area contributed by atoms with Crippen LogP contribution in [-0.4, -0.2) is 49.1 Å². The van der Waals surface area contributed by atoms with Crippen LogP contribution in [-0.2, 0) is 19.0 Å². The van der Waals surface area contributed by atoms with Crippen molar-refractivity contribution < 1.29 is 19.0 Å². The quantitative estimate of drug-likeness (QED) is 0.398. The van der Waals surface area contributed by atoms with Crippen molar-refractivity contribution in [1.29, 1.82) is 0 Å². The first-order valence-electron chi connectivity index (χ1n) is 8.24. The third kappa shape index (κ3) is 7.52. The smallest absolute Gasteiger partial charge is 0.354 e. The molecule has 1 aliphatic rings. The average Bonchev–Trinajstić information content (AvgIpc) is 2.84. The van der Waals surface area contributed by atoms with E-state index in [-0.39, 0.29) is 18.4 Å². The third-order valence-corrected chi connectivity index (χ3v) is 3.30. The number of allylic oxidation sites excluding steroid dienone is 2. The van der Waals surface area contributed by atoms with Crippen molar-refractivity contribution in [3.8, 4) is 0 Å². The molecule has 0 aliphatic carbocycles. The highest BCUT2D eigenvalue weighted by Crippen LogP contribution is 2.22. The minimum absolute atomic E-state index is 0.0763. The Morgan fingerprint density at radius 2 is 2.00 bits per heavy atom. The van der Waals surface area contributed by atoms with E-state index in [1.54, 1.807) is 12.2 Å². The van der Waals surface area contributed by atoms with E-state index in [4.69, 9.17) is 19.9 Å². The average molecular weight is 326 g/mol. The summed E-state index contributed by atoms with van der Waals surface area (Å²) < 4.78 is 16.1. The zero-order valence-electron chi connectivity index (χ0n) is 14.7. The fourth-order valence-corrected chi connectivity index (χ4v) is 2.27. The Morgan fingerprint density at radius 1 is 1.35 bits per heavy atom. The molecule has 6 heteroatoms. The van der Waals surface area contributed by atoms with Crippen LogP contribution in [0.2, 0.25) is 0 Å². The molecule has 1 saturated heterocycles. The van der Waals surface area contributed by atoms with Gasteiger partial charge in [0.2, 0.25) is 0 Å². The molecule has 132 valence electrons. The molecule has 0 radical (unpaired) electrons. The van der Waals surface area contributed by atoms with Crippen LogP contribution in [0, 0.1) is 0 Å². The van der Waals surface area contributed by atoms with Crippen molar-refractivity contribution in [2.75, 3.05) is 26.3 Å². The summed E-state index contributed by atoms with van der Waals surface area (Å²) in [6.45, 7) is 10.4. The molecule has 1 unspecified atom stereocenters. The van der Waals surface area contributed by atoms with Gasteiger partial charge in [-0.2, -0.15) is 0 Å². The van der Waals surface area contributed by atoms with Crippen molar-refractivity contribution in [3.63, 3.8) is 0 Å². The van der Waals surface area contributed by atoms with Crippen LogP contribution in [0.4, 0.5) is 0 Å². The molecule has 0 spiro atoms. The maximum absolute atomic E-state index is 11.8. The van der Waals surface area contributed by atoms with Gasteiger partial charge in [-0.3, -0.25) is 0 Å². The Balaban J connectivity index is 2.39. The predicted octanol–water partition coefficient (Wildman–Crippen LogP) is 2.16. The lowest BCUT2D eigenvalue weighted by molar-refractivity contribution is -0.155. The van der Waals surface area contributed by atoms with E-state index in [2.05, 4.69) is 18.7 Å². The minimum Gasteiger partial charge on any atom is -0.458 e. The molecule has 1 fully saturated rings. The third-order valence-electron chi connectivity index (χ3n) is 3.30. The maximum atomic E-state index is 11.8. The molecule has 1 heterocycles. The van der Waals surface area contributed by atoms with Gasteiger partial charge in [-0.05, 0) is 45.0 Å². The molecule has 1 aliphatic heterocycles. The highest BCUT2D eigenvalue weighted by atomic mass is 16.7. The number of carbonyl (C=O) groups is 1. The summed E-state index contributed by atoms with van der Waals surface area (Å²) in [7, 11) is 0. The number of nitrogens with two attached hydrogens (primary N) is 1. The van der Waals surface area contributed by atoms with E-state index in [0.29, 0.717) is 6.61 Å². The number of hydrogen-bond acceptors (Lipinski definition) is 6. The van der Waals surface area contributed by atoms with Crippen molar-refractivity contribution in [3.05, 3.63) is 24.0 Å². The van der Waals surface area contributed by atoms with Crippen molar-refractivity contribution in [2.24, 2.45) is 5.73 Å². The standard InChI is InChI=1S/C17H30N2O4/c1-5-9-19(10-6-2)11-7-8-15(18)16(20)21-12-14-13-22-17(3,4)23-14/h7-8,11,14H,5-6,9-10,12-13,18H2,1-4H3/b11-7+,15-8-. The lowest BCUT2D eigenvalue weighted by atomic mass is 10.3. The second-order valence-corrected chi connectivity index (χ2v) is 6.05. The van der Waals surface area contributed by atoms with E-state index in [1.165, 1.54) is 0 Å². The number of ether oxygens (including phenoxy) is 3. The van der Waals surface area contributed by atoms with Crippen molar-refractivity contribution in [1.82, 2.24) is 4.90 Å². The largest absolute Gasteiger partial charge is 0.458 e. The molecule has 0 amide bonds. The molecule has 0 aromatic rings. The SMILES string of the molecule is CCCN(/C=C/C=C(\N)C(=O)OCC1COC(C)(C)O1)CCC. The van der Waals surface area contributed by atoms with E-state index >= 15 is 0 Å². The van der Waals surface area contributed by atoms with Gasteiger partial charge < -0.3 is 24.8 Å². The van der Waals surface area contributed by atoms with Crippen LogP contribution >= 0.6 is 0 Å². The Hall–Kier alpha value is -1.53. The van der Waals surface area contributed by atoms with E-state index in [1.807, 2.05) is 20.0 Å². The van der Waals surface area contributed by atoms with Gasteiger partial charge in [0.25, 0.3) is 0 Å². The Kier molecular flexibility index (Phi) is 8.12. The maximum Gasteiger partial charge on any atom is 0.354 e. The van der Waals surface area contributed by atoms with Gasteiger partial charge in [0, 0.05) is 13.1 Å². The van der Waals surface area contributed by atoms with Gasteiger partial charge in [-0.25, -0.2) is 4.79 Å². The Labute approximate surface area is 139 Å². The molecular formula is C17H30N2O4. The van der Waals surface area contributed by atoms with Crippen molar-refractivity contribution in [2.45, 2.75) is 52.4 Å². The zero-order chi connectivity index (χ0) is 17.3. The van der Waals surface area contributed by atoms with Gasteiger partial charge in [0.1, 0.15) is 18.4 Å². The minimum atomic E-state index is -0.622. The summed E-state index contributed by atoms with van der Waals surface area (Å²) in [6, 6.07) is 0. The van der Waals surface area contributed by atoms with Crippen LogP contribution in [0.25, 0.3) is 0 Å². The van der Waals surface area contributed by atoms with Gasteiger partial charge in [-0.15, -0.1) is 0 Å². The molecule has 0 aromatic carbocycles. The fraction of sp³-hybridized carbons (Fsp3) is 0.706. The van der Waals surface area contributed by atoms with Crippen molar-refractivity contribution >= 4 is 5.97 Å². The van der Waals surface area contributed by atoms with Crippen LogP contribution in [0.1, 0.15) is 40.5 Å². The molecule has 0 aromatic heterocycles. The second-order valence-electron chi connectivity index (χ2n) is 6.05. The van der Waals surface area contributed by atoms with Crippen LogP contribution in [0.5, 0.6) is 0 Å². The fourth-order valence-electron chi connectivity index (χ4n) is 2.27. The number of carbonyl (C=O) groups excluding carboxylic acids is 1. The molecular weight excluding hydrogens is 296 g/mol. The second kappa shape index (κ2) is 9.57. The Morgan fingerprint density at radius 3 is 2.52 bits per heavy atom. The first kappa shape index (κ1) is 19.5. The van der Waals surface area contributed by atoms with E-state index in [0.717, 1.165) is 25.9 Å². The normalized spacial score (nSPS) is 20.9. The van der Waals surface area contributed by atoms with Gasteiger partial charge in [0.05, 0.1) is 6.61 Å². The number of rotatable bonds is 9. The molecule has 6 nitrogen and oxygen atoms in total. The highest BCUT2D eigenvalue weighted by molar-refractivity contribution is 5.87. The molecule has 1 atom stereocenters. The summed E-state index contributed by atoms with van der Waals surface area (Å²) in [6.07, 6.45) is 7.19. The van der Waals surface area contributed by atoms with E-state index < -0.39 is 11.8 Å². The highest BCUT2D eigenvalue weighted by Gasteiger charge is 2.33. The van der Waals surface area contributed by atoms with Gasteiger partial charge in [0.15, 0.2) is 5.79 Å². The predicted molar refractivity (Wildman–Crippen MR) is 89.4 cm³/mol. The van der Waals surface area contributed by atoms with Gasteiger partial charge in [-0.1, -0.05) is 13.8 Å². The van der Waals surface area contributed by atoms with Crippen LogP contribution in [0.15, 0.2) is 24.0 Å². The monoisotopic (exact) mass is 326 g/mol. The summed E-state index contributed by atoms with van der Waals surface area (Å²) in [5.74, 6) is -1.16. The summed E-state index contributed by atoms with van der Waals surface area (Å²) >= 11 is 0. The molecule has 2 N–H and O–H groups in total. The lowest BCUT2D eigenvalue weighted by Gasteiger charge is -2.18. The summed E-state index contributed by atoms with van der Waals surface area (Å²) in [5, 5.41) is 0. The number of esters is 1. The zero-order valence-corrected chi connectivity index (χ0v) is 14.7. The molecule has 0 saturated carbocycles. The number of hydrogen-bond donors (Lipinski definition) is 1. The first-order valence-corrected chi connectivity index (χ1v) is 8.24. The molecule has 0 bridgehead atoms. The molecule has 1 rings (SSSR count). The summed E-state index contributed by atoms with van der Waals surface area (Å²) in [4.78, 5) is 14.0. The van der Waals surface area contributed by atoms with Gasteiger partial charge >= 0.3 is 5.97 Å². The van der Waals surface area contributed by atoms with E-state index in [9.17, 15) is 4.79 Å². The van der Waals surface area contributed by atoms with Crippen LogP contribution < -0.4 is 5.73 Å². The molecule has 23 heavy (non-hydrogen) atoms. The summed E-state index contributed by atoms with van der Waals surface area (Å²) in [5.41, 5.74) is 5.81. The first-order chi connectivity index (χ1) is 10.9. The topological polar surface area (TPSA) is 74.0 Å². The Bertz CT molecular complexity index is 426. The number of nitrogens with zero attached hydrogens (tertiary/aromatic N) is 1. The lowest BCUT2D eigenvalue weighted by Crippen LogP contribution is -2.26. The van der Waals surface area contributed by atoms with Crippen LogP contribution in [0.3, 0.4) is 0 Å².